The van der Waals surface area contributed by atoms with Crippen LogP contribution in [0.25, 0.3) is 0 Å². The third kappa shape index (κ3) is 4.64. The fourth-order valence-corrected chi connectivity index (χ4v) is 4.61. The summed E-state index contributed by atoms with van der Waals surface area (Å²) in [6, 6.07) is 2.82. The maximum absolute atomic E-state index is 13.8. The summed E-state index contributed by atoms with van der Waals surface area (Å²) in [5.74, 6) is -1.33. The lowest BCUT2D eigenvalue weighted by Gasteiger charge is -2.32. The lowest BCUT2D eigenvalue weighted by Crippen LogP contribution is -2.35. The van der Waals surface area contributed by atoms with Crippen molar-refractivity contribution in [1.29, 1.82) is 0 Å². The van der Waals surface area contributed by atoms with Crippen LogP contribution < -0.4 is 10.6 Å². The number of fused-ring (bicyclic) bond motifs is 1. The Bertz CT molecular complexity index is 1190. The molecule has 0 unspecified atom stereocenters. The van der Waals surface area contributed by atoms with Gasteiger partial charge in [0.1, 0.15) is 10.8 Å². The number of carbonyl (C=O) groups excluding carboxylic acids is 1. The van der Waals surface area contributed by atoms with E-state index in [1.807, 2.05) is 0 Å². The number of alkyl halides is 6. The Kier molecular flexibility index (Phi) is 6.04. The molecule has 0 fully saturated rings. The molecule has 0 bridgehead atoms. The van der Waals surface area contributed by atoms with Crippen molar-refractivity contribution in [2.75, 3.05) is 10.6 Å². The topological polar surface area (TPSA) is 59.0 Å². The van der Waals surface area contributed by atoms with Gasteiger partial charge < -0.3 is 10.6 Å². The van der Waals surface area contributed by atoms with E-state index in [-0.39, 0.29) is 10.8 Å². The number of hydrogen-bond acceptors (Lipinski definition) is 4. The summed E-state index contributed by atoms with van der Waals surface area (Å²) in [5.41, 5.74) is -2.06. The number of nitrogens with one attached hydrogen (secondary N) is 2. The molecule has 1 amide bonds. The lowest BCUT2D eigenvalue weighted by atomic mass is 10.0. The second-order valence-electron chi connectivity index (χ2n) is 7.11. The van der Waals surface area contributed by atoms with Crippen molar-refractivity contribution in [3.63, 3.8) is 0 Å². The number of rotatable bonds is 3. The first kappa shape index (κ1) is 23.7. The molecule has 2 N–H and O–H groups in total. The highest BCUT2D eigenvalue weighted by Gasteiger charge is 2.48. The van der Waals surface area contributed by atoms with Crippen LogP contribution in [0.1, 0.15) is 39.4 Å². The largest absolute Gasteiger partial charge is 0.416 e. The normalized spacial score (nSPS) is 18.5. The number of aromatic nitrogens is 2. The molecular formula is C19H12Cl2F6N4OS. The number of carbonyl (C=O) groups is 1. The first-order valence-corrected chi connectivity index (χ1v) is 10.8. The predicted molar refractivity (Wildman–Crippen MR) is 112 cm³/mol. The van der Waals surface area contributed by atoms with E-state index in [9.17, 15) is 31.1 Å². The second-order valence-corrected chi connectivity index (χ2v) is 8.87. The summed E-state index contributed by atoms with van der Waals surface area (Å²) in [6.45, 7) is 0. The van der Waals surface area contributed by atoms with Crippen LogP contribution in [0, 0.1) is 0 Å². The van der Waals surface area contributed by atoms with Crippen molar-refractivity contribution in [2.24, 2.45) is 0 Å². The third-order valence-corrected chi connectivity index (χ3v) is 6.61. The van der Waals surface area contributed by atoms with Crippen molar-refractivity contribution >= 4 is 52.0 Å². The van der Waals surface area contributed by atoms with E-state index in [1.54, 1.807) is 17.5 Å². The van der Waals surface area contributed by atoms with Gasteiger partial charge in [0.2, 0.25) is 0 Å². The Morgan fingerprint density at radius 3 is 2.52 bits per heavy atom. The van der Waals surface area contributed by atoms with E-state index < -0.39 is 58.7 Å². The molecule has 0 aliphatic carbocycles. The van der Waals surface area contributed by atoms with Crippen LogP contribution in [0.4, 0.5) is 37.8 Å². The second kappa shape index (κ2) is 8.41. The molecule has 2 aromatic heterocycles. The number of nitrogens with zero attached hydrogens (tertiary/aromatic N) is 2. The summed E-state index contributed by atoms with van der Waals surface area (Å²) in [7, 11) is 0. The molecule has 0 saturated heterocycles. The fraction of sp³-hybridized carbons (Fsp3) is 0.263. The monoisotopic (exact) mass is 528 g/mol. The maximum atomic E-state index is 13.8. The average Bonchev–Trinajstić information content (AvgIpc) is 3.36. The van der Waals surface area contributed by atoms with E-state index in [1.165, 1.54) is 11.3 Å². The molecule has 2 atom stereocenters. The number of anilines is 2. The van der Waals surface area contributed by atoms with Crippen molar-refractivity contribution < 1.29 is 31.1 Å². The molecule has 5 nitrogen and oxygen atoms in total. The summed E-state index contributed by atoms with van der Waals surface area (Å²) in [6.07, 6.45) is -9.79. The van der Waals surface area contributed by atoms with Crippen LogP contribution in [-0.2, 0) is 6.18 Å². The van der Waals surface area contributed by atoms with E-state index in [0.717, 1.165) is 12.1 Å². The van der Waals surface area contributed by atoms with E-state index in [4.69, 9.17) is 23.2 Å². The Hall–Kier alpha value is -2.44. The van der Waals surface area contributed by atoms with Gasteiger partial charge in [-0.05, 0) is 29.6 Å². The first-order chi connectivity index (χ1) is 15.4. The van der Waals surface area contributed by atoms with Crippen molar-refractivity contribution in [2.45, 2.75) is 30.9 Å². The molecule has 1 aliphatic rings. The number of hydrogen-bond donors (Lipinski definition) is 2. The molecule has 3 aromatic rings. The fourth-order valence-electron chi connectivity index (χ4n) is 3.39. The Balaban J connectivity index is 1.69. The van der Waals surface area contributed by atoms with Crippen LogP contribution in [0.2, 0.25) is 10.0 Å². The molecule has 0 spiro atoms. The zero-order valence-corrected chi connectivity index (χ0v) is 18.4. The summed E-state index contributed by atoms with van der Waals surface area (Å²) in [5, 5.41) is 9.86. The van der Waals surface area contributed by atoms with Crippen LogP contribution in [0.15, 0.2) is 35.7 Å². The lowest BCUT2D eigenvalue weighted by molar-refractivity contribution is -0.173. The average molecular weight is 529 g/mol. The molecule has 14 heteroatoms. The van der Waals surface area contributed by atoms with Crippen LogP contribution in [0.5, 0.6) is 0 Å². The highest BCUT2D eigenvalue weighted by Crippen LogP contribution is 2.47. The minimum atomic E-state index is -4.70. The quantitative estimate of drug-likeness (QED) is 0.354. The maximum Gasteiger partial charge on any atom is 0.416 e. The minimum Gasteiger partial charge on any atom is -0.361 e. The van der Waals surface area contributed by atoms with Gasteiger partial charge in [0.15, 0.2) is 11.7 Å². The molecular weight excluding hydrogens is 517 g/mol. The van der Waals surface area contributed by atoms with Gasteiger partial charge in [0.25, 0.3) is 5.91 Å². The van der Waals surface area contributed by atoms with Gasteiger partial charge in [-0.25, -0.2) is 4.68 Å². The number of thiophene rings is 1. The van der Waals surface area contributed by atoms with Gasteiger partial charge >= 0.3 is 12.4 Å². The SMILES string of the molecule is O=C(Nc1cc(C(F)(F)F)ccc1Cl)c1nn2c(c1Cl)N[C@@H](c1cccs1)C[C@@H]2C(F)(F)F. The molecule has 4 rings (SSSR count). The molecule has 0 radical (unpaired) electrons. The summed E-state index contributed by atoms with van der Waals surface area (Å²) < 4.78 is 80.9. The van der Waals surface area contributed by atoms with Gasteiger partial charge in [-0.15, -0.1) is 11.3 Å². The zero-order valence-electron chi connectivity index (χ0n) is 16.1. The van der Waals surface area contributed by atoms with Crippen molar-refractivity contribution in [1.82, 2.24) is 9.78 Å². The number of benzene rings is 1. The Morgan fingerprint density at radius 1 is 1.18 bits per heavy atom. The van der Waals surface area contributed by atoms with Gasteiger partial charge in [0, 0.05) is 11.3 Å². The highest BCUT2D eigenvalue weighted by atomic mass is 35.5. The molecule has 176 valence electrons. The van der Waals surface area contributed by atoms with E-state index >= 15 is 0 Å². The van der Waals surface area contributed by atoms with Crippen LogP contribution in [0.3, 0.4) is 0 Å². The predicted octanol–water partition coefficient (Wildman–Crippen LogP) is 7.18. The molecule has 1 aromatic carbocycles. The van der Waals surface area contributed by atoms with Gasteiger partial charge in [-0.1, -0.05) is 29.3 Å². The van der Waals surface area contributed by atoms with Gasteiger partial charge in [-0.2, -0.15) is 31.4 Å². The van der Waals surface area contributed by atoms with Gasteiger partial charge in [0.05, 0.1) is 22.3 Å². The first-order valence-electron chi connectivity index (χ1n) is 9.19. The molecule has 0 saturated carbocycles. The molecule has 33 heavy (non-hydrogen) atoms. The number of amides is 1. The third-order valence-electron chi connectivity index (χ3n) is 4.94. The summed E-state index contributed by atoms with van der Waals surface area (Å²) >= 11 is 13.3. The van der Waals surface area contributed by atoms with Gasteiger partial charge in [-0.3, -0.25) is 4.79 Å². The summed E-state index contributed by atoms with van der Waals surface area (Å²) in [4.78, 5) is 13.3. The highest BCUT2D eigenvalue weighted by molar-refractivity contribution is 7.10. The van der Waals surface area contributed by atoms with Crippen LogP contribution >= 0.6 is 34.5 Å². The van der Waals surface area contributed by atoms with Crippen LogP contribution in [-0.4, -0.2) is 21.9 Å². The Morgan fingerprint density at radius 2 is 1.91 bits per heavy atom. The Labute approximate surface area is 196 Å². The van der Waals surface area contributed by atoms with E-state index in [0.29, 0.717) is 15.6 Å². The number of halogens is 8. The zero-order chi connectivity index (χ0) is 24.1. The van der Waals surface area contributed by atoms with E-state index in [2.05, 4.69) is 15.7 Å². The van der Waals surface area contributed by atoms with Crippen molar-refractivity contribution in [3.8, 4) is 0 Å². The molecule has 1 aliphatic heterocycles. The minimum absolute atomic E-state index is 0.208. The van der Waals surface area contributed by atoms with Crippen molar-refractivity contribution in [3.05, 3.63) is 61.9 Å². The standard InChI is InChI=1S/C19H12Cl2F6N4OS/c20-9-4-3-8(18(22,23)24)6-10(9)29-17(32)15-14(21)16-28-11(12-2-1-5-33-12)7-13(19(25,26)27)31(16)30-15/h1-6,11,13,28H,7H2,(H,29,32)/t11-,13-/m1/s1. The molecule has 3 heterocycles. The smallest absolute Gasteiger partial charge is 0.361 e.